The molecule has 0 spiro atoms. The minimum atomic E-state index is -0.430. The molecule has 76 valence electrons. The fourth-order valence-electron chi connectivity index (χ4n) is 0.665. The van der Waals surface area contributed by atoms with Gasteiger partial charge in [0.2, 0.25) is 11.8 Å². The summed E-state index contributed by atoms with van der Waals surface area (Å²) in [6, 6.07) is 0. The lowest BCUT2D eigenvalue weighted by molar-refractivity contribution is -0.115. The molecule has 0 saturated heterocycles. The van der Waals surface area contributed by atoms with Gasteiger partial charge in [-0.3, -0.25) is 4.79 Å². The molecular weight excluding hydrogens is 204 g/mol. The molecule has 1 amide bonds. The van der Waals surface area contributed by atoms with E-state index in [-0.39, 0.29) is 5.75 Å². The maximum Gasteiger partial charge on any atom is 0.277 e. The predicted octanol–water partition coefficient (Wildman–Crippen LogP) is -0.0335. The summed E-state index contributed by atoms with van der Waals surface area (Å²) in [5.41, 5.74) is 10.9. The molecule has 0 radical (unpaired) electrons. The fraction of sp³-hybridized carbons (Fsp3) is 0.286. The highest BCUT2D eigenvalue weighted by molar-refractivity contribution is 7.99. The van der Waals surface area contributed by atoms with Gasteiger partial charge in [0.05, 0.1) is 5.75 Å². The van der Waals surface area contributed by atoms with Gasteiger partial charge < -0.3 is 15.9 Å². The summed E-state index contributed by atoms with van der Waals surface area (Å²) >= 11 is 1.09. The van der Waals surface area contributed by atoms with Gasteiger partial charge in [-0.1, -0.05) is 11.8 Å². The first kappa shape index (κ1) is 10.6. The highest BCUT2D eigenvalue weighted by Crippen LogP contribution is 2.16. The van der Waals surface area contributed by atoms with Crippen LogP contribution in [-0.2, 0) is 4.79 Å². The molecule has 0 unspecified atom stereocenters. The van der Waals surface area contributed by atoms with Gasteiger partial charge in [-0.15, -0.1) is 10.2 Å². The van der Waals surface area contributed by atoms with Crippen molar-refractivity contribution in [2.24, 2.45) is 11.5 Å². The molecule has 0 atom stereocenters. The lowest BCUT2D eigenvalue weighted by Gasteiger charge is -1.89. The minimum absolute atomic E-state index is 0.118. The lowest BCUT2D eigenvalue weighted by atomic mass is 10.4. The van der Waals surface area contributed by atoms with Crippen molar-refractivity contribution in [2.75, 3.05) is 5.75 Å². The first-order chi connectivity index (χ1) is 6.58. The fourth-order valence-corrected chi connectivity index (χ4v) is 1.17. The first-order valence-corrected chi connectivity index (χ1v) is 4.75. The Morgan fingerprint density at radius 2 is 2.29 bits per heavy atom. The van der Waals surface area contributed by atoms with Crippen LogP contribution in [0.4, 0.5) is 0 Å². The molecule has 1 aromatic rings. The molecule has 0 aliphatic rings. The Bertz CT molecular complexity index is 356. The Morgan fingerprint density at radius 1 is 1.57 bits per heavy atom. The van der Waals surface area contributed by atoms with Gasteiger partial charge in [0.15, 0.2) is 0 Å². The Morgan fingerprint density at radius 3 is 2.86 bits per heavy atom. The van der Waals surface area contributed by atoms with E-state index >= 15 is 0 Å². The second-order valence-electron chi connectivity index (χ2n) is 2.55. The Hall–Kier alpha value is -1.50. The molecule has 0 aromatic carbocycles. The average Bonchev–Trinajstić information content (AvgIpc) is 2.47. The van der Waals surface area contributed by atoms with Gasteiger partial charge in [0.1, 0.15) is 0 Å². The monoisotopic (exact) mass is 214 g/mol. The minimum Gasteiger partial charge on any atom is -0.412 e. The van der Waals surface area contributed by atoms with E-state index in [2.05, 4.69) is 10.2 Å². The molecular formula is C7H10N4O2S. The number of thioether (sulfide) groups is 1. The van der Waals surface area contributed by atoms with Crippen LogP contribution in [0, 0.1) is 0 Å². The molecule has 0 aliphatic heterocycles. The number of carbonyl (C=O) groups excluding carboxylic acids is 1. The van der Waals surface area contributed by atoms with Crippen LogP contribution in [0.15, 0.2) is 15.3 Å². The Balaban J connectivity index is 2.59. The quantitative estimate of drug-likeness (QED) is 0.681. The van der Waals surface area contributed by atoms with E-state index in [4.69, 9.17) is 15.9 Å². The number of amides is 1. The number of rotatable bonds is 4. The van der Waals surface area contributed by atoms with Gasteiger partial charge in [0.25, 0.3) is 5.22 Å². The Labute approximate surface area is 84.7 Å². The second-order valence-corrected chi connectivity index (χ2v) is 3.48. The topological polar surface area (TPSA) is 108 Å². The van der Waals surface area contributed by atoms with Gasteiger partial charge in [-0.2, -0.15) is 0 Å². The van der Waals surface area contributed by atoms with Crippen LogP contribution >= 0.6 is 11.8 Å². The third kappa shape index (κ3) is 3.48. The maximum absolute atomic E-state index is 10.4. The summed E-state index contributed by atoms with van der Waals surface area (Å²) in [6.45, 7) is 1.71. The van der Waals surface area contributed by atoms with Crippen LogP contribution in [0.5, 0.6) is 0 Å². The molecule has 14 heavy (non-hydrogen) atoms. The largest absolute Gasteiger partial charge is 0.412 e. The summed E-state index contributed by atoms with van der Waals surface area (Å²) in [4.78, 5) is 10.4. The van der Waals surface area contributed by atoms with Crippen LogP contribution in [0.3, 0.4) is 0 Å². The highest BCUT2D eigenvalue weighted by Gasteiger charge is 2.05. The molecule has 6 nitrogen and oxygen atoms in total. The summed E-state index contributed by atoms with van der Waals surface area (Å²) < 4.78 is 5.12. The maximum atomic E-state index is 10.4. The summed E-state index contributed by atoms with van der Waals surface area (Å²) in [6.07, 6.45) is 1.54. The van der Waals surface area contributed by atoms with Crippen molar-refractivity contribution >= 4 is 23.7 Å². The van der Waals surface area contributed by atoms with Gasteiger partial charge in [-0.25, -0.2) is 0 Å². The number of carbonyl (C=O) groups is 1. The van der Waals surface area contributed by atoms with Crippen molar-refractivity contribution < 1.29 is 9.21 Å². The standard InChI is InChI=1S/C7H10N4O2S/c1-4(8)2-6-10-11-7(13-6)14-3-5(9)12/h2H,3,8H2,1H3,(H2,9,12)/b4-2+. The zero-order valence-electron chi connectivity index (χ0n) is 7.56. The van der Waals surface area contributed by atoms with Crippen molar-refractivity contribution in [1.29, 1.82) is 0 Å². The van der Waals surface area contributed by atoms with Crippen LogP contribution in [0.2, 0.25) is 0 Å². The number of hydrogen-bond donors (Lipinski definition) is 2. The molecule has 0 bridgehead atoms. The average molecular weight is 214 g/mol. The van der Waals surface area contributed by atoms with E-state index in [1.54, 1.807) is 13.0 Å². The van der Waals surface area contributed by atoms with Crippen molar-refractivity contribution in [3.8, 4) is 0 Å². The molecule has 1 rings (SSSR count). The van der Waals surface area contributed by atoms with E-state index in [0.29, 0.717) is 16.8 Å². The number of hydrogen-bond acceptors (Lipinski definition) is 6. The number of aromatic nitrogens is 2. The van der Waals surface area contributed by atoms with Crippen molar-refractivity contribution in [1.82, 2.24) is 10.2 Å². The number of allylic oxidation sites excluding steroid dienone is 1. The van der Waals surface area contributed by atoms with E-state index < -0.39 is 5.91 Å². The zero-order valence-corrected chi connectivity index (χ0v) is 8.37. The molecule has 4 N–H and O–H groups in total. The van der Waals surface area contributed by atoms with Gasteiger partial charge in [0, 0.05) is 11.8 Å². The van der Waals surface area contributed by atoms with Crippen molar-refractivity contribution in [3.05, 3.63) is 11.6 Å². The van der Waals surface area contributed by atoms with E-state index in [9.17, 15) is 4.79 Å². The van der Waals surface area contributed by atoms with Crippen LogP contribution in [-0.4, -0.2) is 21.9 Å². The number of nitrogens with zero attached hydrogens (tertiary/aromatic N) is 2. The van der Waals surface area contributed by atoms with Crippen molar-refractivity contribution in [3.63, 3.8) is 0 Å². The molecule has 7 heteroatoms. The van der Waals surface area contributed by atoms with Crippen LogP contribution in [0.25, 0.3) is 6.08 Å². The highest BCUT2D eigenvalue weighted by atomic mass is 32.2. The summed E-state index contributed by atoms with van der Waals surface area (Å²) in [5, 5.41) is 7.67. The number of primary amides is 1. The molecule has 0 fully saturated rings. The molecule has 1 aromatic heterocycles. The smallest absolute Gasteiger partial charge is 0.277 e. The third-order valence-electron chi connectivity index (χ3n) is 1.11. The molecule has 0 aliphatic carbocycles. The SMILES string of the molecule is C/C(N)=C\c1nnc(SCC(N)=O)o1. The number of nitrogens with two attached hydrogens (primary N) is 2. The summed E-state index contributed by atoms with van der Waals surface area (Å²) in [7, 11) is 0. The van der Waals surface area contributed by atoms with Gasteiger partial charge >= 0.3 is 0 Å². The molecule has 1 heterocycles. The first-order valence-electron chi connectivity index (χ1n) is 3.76. The van der Waals surface area contributed by atoms with E-state index in [1.165, 1.54) is 0 Å². The third-order valence-corrected chi connectivity index (χ3v) is 1.95. The van der Waals surface area contributed by atoms with Crippen molar-refractivity contribution in [2.45, 2.75) is 12.1 Å². The molecule has 0 saturated carbocycles. The normalized spacial score (nSPS) is 11.6. The zero-order chi connectivity index (χ0) is 10.6. The van der Waals surface area contributed by atoms with E-state index in [0.717, 1.165) is 11.8 Å². The summed E-state index contributed by atoms with van der Waals surface area (Å²) in [5.74, 6) is 0.00437. The Kier molecular flexibility index (Phi) is 3.52. The lowest BCUT2D eigenvalue weighted by Crippen LogP contribution is -2.12. The second kappa shape index (κ2) is 4.66. The predicted molar refractivity (Wildman–Crippen MR) is 52.1 cm³/mol. The van der Waals surface area contributed by atoms with Crippen LogP contribution in [0.1, 0.15) is 12.8 Å². The van der Waals surface area contributed by atoms with Crippen LogP contribution < -0.4 is 11.5 Å². The van der Waals surface area contributed by atoms with Gasteiger partial charge in [-0.05, 0) is 6.92 Å². The van der Waals surface area contributed by atoms with E-state index in [1.807, 2.05) is 0 Å².